The number of alkyl halides is 1. The average Bonchev–Trinajstić information content (AvgIpc) is 2.15. The lowest BCUT2D eigenvalue weighted by molar-refractivity contribution is -0.121. The van der Waals surface area contributed by atoms with Crippen molar-refractivity contribution in [2.45, 2.75) is 58.8 Å². The van der Waals surface area contributed by atoms with Crippen LogP contribution in [0, 0.1) is 5.92 Å². The molecule has 0 bridgehead atoms. The molecule has 0 aliphatic carbocycles. The molecule has 1 nitrogen and oxygen atoms in total. The Kier molecular flexibility index (Phi) is 9.49. The van der Waals surface area contributed by atoms with Crippen molar-refractivity contribution < 1.29 is 4.79 Å². The third kappa shape index (κ3) is 7.37. The Hall–Kier alpha value is -0.0400. The van der Waals surface area contributed by atoms with Gasteiger partial charge < -0.3 is 0 Å². The second-order valence-electron chi connectivity index (χ2n) is 3.99. The van der Waals surface area contributed by atoms with Crippen molar-refractivity contribution in [2.75, 3.05) is 5.88 Å². The van der Waals surface area contributed by atoms with Crippen LogP contribution in [0.15, 0.2) is 0 Å². The fourth-order valence-corrected chi connectivity index (χ4v) is 1.94. The first kappa shape index (κ1) is 14.0. The minimum Gasteiger partial charge on any atom is -0.300 e. The van der Waals surface area contributed by atoms with Gasteiger partial charge in [0.25, 0.3) is 0 Å². The Balaban J connectivity index is 3.46. The number of carbonyl (C=O) groups is 1. The summed E-state index contributed by atoms with van der Waals surface area (Å²) in [5.41, 5.74) is 0. The maximum Gasteiger partial charge on any atom is 0.132 e. The number of hydrogen-bond donors (Lipinski definition) is 0. The molecule has 0 aliphatic rings. The van der Waals surface area contributed by atoms with Gasteiger partial charge in [-0.05, 0) is 19.8 Å². The molecular weight excluding hydrogens is 196 g/mol. The lowest BCUT2D eigenvalue weighted by Crippen LogP contribution is -2.11. The number of hydrogen-bond acceptors (Lipinski definition) is 1. The van der Waals surface area contributed by atoms with Gasteiger partial charge in [0.2, 0.25) is 0 Å². The number of ketones is 1. The van der Waals surface area contributed by atoms with Gasteiger partial charge in [-0.1, -0.05) is 39.0 Å². The molecule has 1 unspecified atom stereocenters. The molecule has 14 heavy (non-hydrogen) atoms. The molecule has 0 heterocycles. The molecule has 0 aliphatic heterocycles. The zero-order valence-corrected chi connectivity index (χ0v) is 10.3. The number of halogens is 1. The first-order valence-electron chi connectivity index (χ1n) is 5.78. The van der Waals surface area contributed by atoms with Gasteiger partial charge in [-0.15, -0.1) is 11.6 Å². The summed E-state index contributed by atoms with van der Waals surface area (Å²) in [7, 11) is 0. The van der Waals surface area contributed by atoms with Crippen molar-refractivity contribution >= 4 is 17.4 Å². The Morgan fingerprint density at radius 1 is 1.14 bits per heavy atom. The predicted octanol–water partition coefficient (Wildman–Crippen LogP) is 4.18. The smallest absolute Gasteiger partial charge is 0.132 e. The molecule has 0 saturated heterocycles. The molecule has 2 heteroatoms. The highest BCUT2D eigenvalue weighted by Gasteiger charge is 2.12. The van der Waals surface area contributed by atoms with Crippen LogP contribution in [0.2, 0.25) is 0 Å². The van der Waals surface area contributed by atoms with E-state index >= 15 is 0 Å². The van der Waals surface area contributed by atoms with Crippen molar-refractivity contribution in [1.29, 1.82) is 0 Å². The predicted molar refractivity (Wildman–Crippen MR) is 62.9 cm³/mol. The maximum atomic E-state index is 11.2. The van der Waals surface area contributed by atoms with Gasteiger partial charge in [0, 0.05) is 11.8 Å². The molecule has 0 rings (SSSR count). The summed E-state index contributed by atoms with van der Waals surface area (Å²) in [6.45, 7) is 3.90. The van der Waals surface area contributed by atoms with E-state index in [1.165, 1.54) is 32.1 Å². The van der Waals surface area contributed by atoms with E-state index in [-0.39, 0.29) is 5.92 Å². The van der Waals surface area contributed by atoms with E-state index in [4.69, 9.17) is 11.6 Å². The molecule has 0 spiro atoms. The first-order valence-corrected chi connectivity index (χ1v) is 6.32. The standard InChI is InChI=1S/C12H23ClO/c1-3-4-5-6-7-8-12(9-10-13)11(2)14/h12H,3-10H2,1-2H3. The van der Waals surface area contributed by atoms with E-state index < -0.39 is 0 Å². The van der Waals surface area contributed by atoms with E-state index in [0.29, 0.717) is 11.7 Å². The monoisotopic (exact) mass is 218 g/mol. The summed E-state index contributed by atoms with van der Waals surface area (Å²) in [6.07, 6.45) is 8.23. The van der Waals surface area contributed by atoms with Crippen LogP contribution in [-0.4, -0.2) is 11.7 Å². The van der Waals surface area contributed by atoms with Crippen molar-refractivity contribution in [3.63, 3.8) is 0 Å². The number of rotatable bonds is 9. The van der Waals surface area contributed by atoms with E-state index in [1.54, 1.807) is 6.92 Å². The molecule has 0 aromatic rings. The zero-order valence-electron chi connectivity index (χ0n) is 9.52. The largest absolute Gasteiger partial charge is 0.300 e. The minimum atomic E-state index is 0.217. The molecule has 0 saturated carbocycles. The molecule has 84 valence electrons. The number of Topliss-reactive ketones (excluding diaryl/α,β-unsaturated/α-hetero) is 1. The molecule has 0 aromatic carbocycles. The van der Waals surface area contributed by atoms with Crippen molar-refractivity contribution in [2.24, 2.45) is 5.92 Å². The third-order valence-electron chi connectivity index (χ3n) is 2.69. The van der Waals surface area contributed by atoms with Crippen LogP contribution in [0.1, 0.15) is 58.8 Å². The van der Waals surface area contributed by atoms with Gasteiger partial charge in [-0.2, -0.15) is 0 Å². The SMILES string of the molecule is CCCCCCCC(CCCl)C(C)=O. The highest BCUT2D eigenvalue weighted by atomic mass is 35.5. The molecule has 1 atom stereocenters. The fourth-order valence-electron chi connectivity index (χ4n) is 1.68. The number of unbranched alkanes of at least 4 members (excludes halogenated alkanes) is 4. The lowest BCUT2D eigenvalue weighted by Gasteiger charge is -2.11. The van der Waals surface area contributed by atoms with Gasteiger partial charge in [-0.25, -0.2) is 0 Å². The van der Waals surface area contributed by atoms with Gasteiger partial charge in [-0.3, -0.25) is 4.79 Å². The van der Waals surface area contributed by atoms with E-state index in [2.05, 4.69) is 6.92 Å². The summed E-state index contributed by atoms with van der Waals surface area (Å²) < 4.78 is 0. The van der Waals surface area contributed by atoms with Crippen molar-refractivity contribution in [1.82, 2.24) is 0 Å². The summed E-state index contributed by atoms with van der Waals surface area (Å²) in [6, 6.07) is 0. The summed E-state index contributed by atoms with van der Waals surface area (Å²) >= 11 is 5.65. The summed E-state index contributed by atoms with van der Waals surface area (Å²) in [5, 5.41) is 0. The van der Waals surface area contributed by atoms with Crippen LogP contribution >= 0.6 is 11.6 Å². The molecule has 0 fully saturated rings. The minimum absolute atomic E-state index is 0.217. The molecule has 0 amide bonds. The normalized spacial score (nSPS) is 12.8. The van der Waals surface area contributed by atoms with E-state index in [0.717, 1.165) is 12.8 Å². The Labute approximate surface area is 93.2 Å². The second kappa shape index (κ2) is 9.51. The van der Waals surface area contributed by atoms with Gasteiger partial charge >= 0.3 is 0 Å². The number of carbonyl (C=O) groups excluding carboxylic acids is 1. The van der Waals surface area contributed by atoms with Crippen LogP contribution in [0.4, 0.5) is 0 Å². The van der Waals surface area contributed by atoms with Gasteiger partial charge in [0.1, 0.15) is 5.78 Å². The average molecular weight is 219 g/mol. The van der Waals surface area contributed by atoms with Crippen LogP contribution in [0.5, 0.6) is 0 Å². The topological polar surface area (TPSA) is 17.1 Å². The summed E-state index contributed by atoms with van der Waals surface area (Å²) in [5.74, 6) is 1.13. The van der Waals surface area contributed by atoms with Crippen LogP contribution < -0.4 is 0 Å². The van der Waals surface area contributed by atoms with Gasteiger partial charge in [0.05, 0.1) is 0 Å². The molecule has 0 radical (unpaired) electrons. The lowest BCUT2D eigenvalue weighted by atomic mass is 9.95. The Morgan fingerprint density at radius 3 is 2.29 bits per heavy atom. The van der Waals surface area contributed by atoms with E-state index in [1.807, 2.05) is 0 Å². The Bertz CT molecular complexity index is 145. The Morgan fingerprint density at radius 2 is 1.79 bits per heavy atom. The van der Waals surface area contributed by atoms with Crippen LogP contribution in [-0.2, 0) is 4.79 Å². The first-order chi connectivity index (χ1) is 6.72. The van der Waals surface area contributed by atoms with Crippen molar-refractivity contribution in [3.05, 3.63) is 0 Å². The molecular formula is C12H23ClO. The van der Waals surface area contributed by atoms with Crippen LogP contribution in [0.25, 0.3) is 0 Å². The van der Waals surface area contributed by atoms with Crippen LogP contribution in [0.3, 0.4) is 0 Å². The fraction of sp³-hybridized carbons (Fsp3) is 0.917. The van der Waals surface area contributed by atoms with Crippen molar-refractivity contribution in [3.8, 4) is 0 Å². The maximum absolute atomic E-state index is 11.2. The van der Waals surface area contributed by atoms with Gasteiger partial charge in [0.15, 0.2) is 0 Å². The second-order valence-corrected chi connectivity index (χ2v) is 4.37. The molecule has 0 N–H and O–H groups in total. The zero-order chi connectivity index (χ0) is 10.8. The molecule has 0 aromatic heterocycles. The third-order valence-corrected chi connectivity index (χ3v) is 2.91. The van der Waals surface area contributed by atoms with E-state index in [9.17, 15) is 4.79 Å². The summed E-state index contributed by atoms with van der Waals surface area (Å²) in [4.78, 5) is 11.2. The quantitative estimate of drug-likeness (QED) is 0.419. The highest BCUT2D eigenvalue weighted by molar-refractivity contribution is 6.18. The highest BCUT2D eigenvalue weighted by Crippen LogP contribution is 2.16.